The lowest BCUT2D eigenvalue weighted by molar-refractivity contribution is -0.120. The van der Waals surface area contributed by atoms with Crippen LogP contribution >= 0.6 is 0 Å². The van der Waals surface area contributed by atoms with Crippen LogP contribution in [0.3, 0.4) is 0 Å². The summed E-state index contributed by atoms with van der Waals surface area (Å²) in [5.41, 5.74) is 6.92. The number of carbonyl (C=O) groups is 2. The van der Waals surface area contributed by atoms with E-state index in [0.29, 0.717) is 0 Å². The monoisotopic (exact) mass is 235 g/mol. The minimum atomic E-state index is -0.843. The number of primary amides is 1. The lowest BCUT2D eigenvalue weighted by atomic mass is 10.1. The first kappa shape index (κ1) is 13.0. The summed E-state index contributed by atoms with van der Waals surface area (Å²) in [5, 5.41) is 5.00. The summed E-state index contributed by atoms with van der Waals surface area (Å²) in [7, 11) is 0. The molecule has 0 unspecified atom stereocenters. The molecule has 5 heteroatoms. The average Bonchev–Trinajstić information content (AvgIpc) is 2.29. The lowest BCUT2D eigenvalue weighted by Crippen LogP contribution is -2.43. The molecule has 0 aliphatic heterocycles. The molecule has 0 saturated carbocycles. The summed E-state index contributed by atoms with van der Waals surface area (Å²) >= 11 is 0. The van der Waals surface area contributed by atoms with E-state index in [0.717, 1.165) is 12.1 Å². The van der Waals surface area contributed by atoms with Gasteiger partial charge in [0, 0.05) is 5.69 Å². The Kier molecular flexibility index (Phi) is 4.51. The average molecular weight is 235 g/mol. The zero-order chi connectivity index (χ0) is 12.8. The summed E-state index contributed by atoms with van der Waals surface area (Å²) in [6.07, 6.45) is 0.970. The maximum atomic E-state index is 11.4. The summed E-state index contributed by atoms with van der Waals surface area (Å²) in [5.74, 6) is -0.447. The van der Waals surface area contributed by atoms with Gasteiger partial charge in [0.05, 0.1) is 0 Å². The van der Waals surface area contributed by atoms with Crippen LogP contribution in [0.5, 0.6) is 0 Å². The van der Waals surface area contributed by atoms with E-state index in [1.54, 1.807) is 6.92 Å². The molecule has 0 aliphatic rings. The number of rotatable bonds is 4. The molecule has 0 radical (unpaired) electrons. The number of aryl methyl sites for hydroxylation is 1. The molecule has 0 aliphatic carbocycles. The molecule has 0 aromatic heterocycles. The van der Waals surface area contributed by atoms with Crippen molar-refractivity contribution in [2.24, 2.45) is 5.73 Å². The van der Waals surface area contributed by atoms with E-state index in [4.69, 9.17) is 5.73 Å². The van der Waals surface area contributed by atoms with E-state index >= 15 is 0 Å². The van der Waals surface area contributed by atoms with E-state index in [9.17, 15) is 9.59 Å². The Labute approximate surface area is 100 Å². The van der Waals surface area contributed by atoms with Crippen LogP contribution < -0.4 is 16.4 Å². The molecule has 0 bridgehead atoms. The Morgan fingerprint density at radius 3 is 2.35 bits per heavy atom. The highest BCUT2D eigenvalue weighted by Crippen LogP contribution is 2.11. The van der Waals surface area contributed by atoms with Gasteiger partial charge in [0.1, 0.15) is 6.04 Å². The minimum Gasteiger partial charge on any atom is -0.374 e. The molecule has 17 heavy (non-hydrogen) atoms. The number of nitrogens with two attached hydrogens (primary N) is 1. The van der Waals surface area contributed by atoms with Crippen molar-refractivity contribution in [2.45, 2.75) is 26.3 Å². The van der Waals surface area contributed by atoms with Crippen molar-refractivity contribution in [3.05, 3.63) is 29.8 Å². The third kappa shape index (κ3) is 4.14. The van der Waals surface area contributed by atoms with Crippen LogP contribution in [0.2, 0.25) is 0 Å². The van der Waals surface area contributed by atoms with Gasteiger partial charge in [-0.1, -0.05) is 19.1 Å². The smallest absolute Gasteiger partial charge is 0.318 e. The van der Waals surface area contributed by atoms with Crippen molar-refractivity contribution in [3.8, 4) is 0 Å². The van der Waals surface area contributed by atoms with Gasteiger partial charge in [-0.15, -0.1) is 0 Å². The Balaban J connectivity index is 2.57. The number of anilines is 1. The van der Waals surface area contributed by atoms with Gasteiger partial charge in [0.15, 0.2) is 0 Å². The molecule has 1 aromatic rings. The highest BCUT2D eigenvalue weighted by Gasteiger charge is 2.13. The SMILES string of the molecule is CCc1ccc(N[C@H](C)C(=O)NC(N)=O)cc1. The van der Waals surface area contributed by atoms with Gasteiger partial charge in [-0.25, -0.2) is 4.79 Å². The van der Waals surface area contributed by atoms with E-state index < -0.39 is 18.0 Å². The molecule has 92 valence electrons. The molecule has 0 heterocycles. The van der Waals surface area contributed by atoms with Crippen LogP contribution in [0.15, 0.2) is 24.3 Å². The van der Waals surface area contributed by atoms with Gasteiger partial charge < -0.3 is 11.1 Å². The third-order valence-electron chi connectivity index (χ3n) is 2.39. The molecular weight excluding hydrogens is 218 g/mol. The first-order valence-electron chi connectivity index (χ1n) is 5.48. The first-order valence-corrected chi connectivity index (χ1v) is 5.48. The molecule has 1 aromatic carbocycles. The van der Waals surface area contributed by atoms with Gasteiger partial charge in [0.25, 0.3) is 0 Å². The number of urea groups is 1. The van der Waals surface area contributed by atoms with E-state index in [2.05, 4.69) is 12.2 Å². The molecular formula is C12H17N3O2. The van der Waals surface area contributed by atoms with Gasteiger partial charge in [0.2, 0.25) is 5.91 Å². The number of benzene rings is 1. The molecule has 0 spiro atoms. The number of hydrogen-bond acceptors (Lipinski definition) is 3. The van der Waals surface area contributed by atoms with Crippen LogP contribution in [0.25, 0.3) is 0 Å². The quantitative estimate of drug-likeness (QED) is 0.734. The largest absolute Gasteiger partial charge is 0.374 e. The maximum Gasteiger partial charge on any atom is 0.318 e. The second-order valence-electron chi connectivity index (χ2n) is 3.77. The molecule has 0 fully saturated rings. The third-order valence-corrected chi connectivity index (χ3v) is 2.39. The van der Waals surface area contributed by atoms with E-state index in [1.807, 2.05) is 29.6 Å². The highest BCUT2D eigenvalue weighted by atomic mass is 16.2. The highest BCUT2D eigenvalue weighted by molar-refractivity contribution is 5.97. The van der Waals surface area contributed by atoms with Crippen LogP contribution in [0.4, 0.5) is 10.5 Å². The van der Waals surface area contributed by atoms with Crippen molar-refractivity contribution in [3.63, 3.8) is 0 Å². The zero-order valence-corrected chi connectivity index (χ0v) is 9.99. The first-order chi connectivity index (χ1) is 8.02. The van der Waals surface area contributed by atoms with Gasteiger partial charge >= 0.3 is 6.03 Å². The fourth-order valence-electron chi connectivity index (χ4n) is 1.38. The van der Waals surface area contributed by atoms with Crippen molar-refractivity contribution < 1.29 is 9.59 Å². The number of imide groups is 1. The second kappa shape index (κ2) is 5.89. The molecule has 1 rings (SSSR count). The summed E-state index contributed by atoms with van der Waals surface area (Å²) in [6.45, 7) is 3.73. The number of nitrogens with one attached hydrogen (secondary N) is 2. The fraction of sp³-hybridized carbons (Fsp3) is 0.333. The molecule has 4 N–H and O–H groups in total. The van der Waals surface area contributed by atoms with Gasteiger partial charge in [-0.05, 0) is 31.0 Å². The van der Waals surface area contributed by atoms with E-state index in [-0.39, 0.29) is 0 Å². The summed E-state index contributed by atoms with van der Waals surface area (Å²) in [4.78, 5) is 21.9. The number of carbonyl (C=O) groups excluding carboxylic acids is 2. The lowest BCUT2D eigenvalue weighted by Gasteiger charge is -2.14. The Morgan fingerprint density at radius 1 is 1.29 bits per heavy atom. The molecule has 3 amide bonds. The van der Waals surface area contributed by atoms with Gasteiger partial charge in [-0.2, -0.15) is 0 Å². The number of hydrogen-bond donors (Lipinski definition) is 3. The Bertz CT molecular complexity index is 401. The van der Waals surface area contributed by atoms with Gasteiger partial charge in [-0.3, -0.25) is 10.1 Å². The van der Waals surface area contributed by atoms with Crippen molar-refractivity contribution in [2.75, 3.05) is 5.32 Å². The maximum absolute atomic E-state index is 11.4. The van der Waals surface area contributed by atoms with Crippen molar-refractivity contribution >= 4 is 17.6 Å². The molecule has 0 saturated heterocycles. The second-order valence-corrected chi connectivity index (χ2v) is 3.77. The predicted molar refractivity (Wildman–Crippen MR) is 66.6 cm³/mol. The van der Waals surface area contributed by atoms with Crippen molar-refractivity contribution in [1.29, 1.82) is 0 Å². The van der Waals surface area contributed by atoms with E-state index in [1.165, 1.54) is 5.56 Å². The fourth-order valence-corrected chi connectivity index (χ4v) is 1.38. The van der Waals surface area contributed by atoms with Crippen LogP contribution in [0.1, 0.15) is 19.4 Å². The van der Waals surface area contributed by atoms with Crippen LogP contribution in [0, 0.1) is 0 Å². The van der Waals surface area contributed by atoms with Crippen molar-refractivity contribution in [1.82, 2.24) is 5.32 Å². The minimum absolute atomic E-state index is 0.447. The topological polar surface area (TPSA) is 84.2 Å². The Hall–Kier alpha value is -2.04. The standard InChI is InChI=1S/C12H17N3O2/c1-3-9-4-6-10(7-5-9)14-8(2)11(16)15-12(13)17/h4-8,14H,3H2,1-2H3,(H3,13,15,16,17)/t8-/m1/s1. The summed E-state index contributed by atoms with van der Waals surface area (Å²) in [6, 6.07) is 6.40. The van der Waals surface area contributed by atoms with Crippen LogP contribution in [-0.2, 0) is 11.2 Å². The molecule has 5 nitrogen and oxygen atoms in total. The summed E-state index contributed by atoms with van der Waals surface area (Å²) < 4.78 is 0. The zero-order valence-electron chi connectivity index (χ0n) is 9.99. The Morgan fingerprint density at radius 2 is 1.88 bits per heavy atom. The van der Waals surface area contributed by atoms with Crippen LogP contribution in [-0.4, -0.2) is 18.0 Å². The number of amides is 3. The molecule has 1 atom stereocenters. The predicted octanol–water partition coefficient (Wildman–Crippen LogP) is 1.24. The normalized spacial score (nSPS) is 11.6.